The van der Waals surface area contributed by atoms with Crippen LogP contribution in [-0.4, -0.2) is 21.6 Å². The van der Waals surface area contributed by atoms with Crippen LogP contribution in [0.1, 0.15) is 41.0 Å². The molecule has 0 aliphatic heterocycles. The summed E-state index contributed by atoms with van der Waals surface area (Å²) in [4.78, 5) is 0. The topological polar surface area (TPSA) is 9.23 Å². The van der Waals surface area contributed by atoms with Crippen LogP contribution in [0.2, 0.25) is 37.8 Å². The van der Waals surface area contributed by atoms with Gasteiger partial charge in [-0.25, -0.2) is 0 Å². The molecule has 2 unspecified atom stereocenters. The molecule has 0 aromatic carbocycles. The van der Waals surface area contributed by atoms with Gasteiger partial charge in [0.2, 0.25) is 0 Å². The second-order valence-electron chi connectivity index (χ2n) is 7.10. The van der Waals surface area contributed by atoms with Gasteiger partial charge < -0.3 is 4.43 Å². The maximum atomic E-state index is 6.79. The van der Waals surface area contributed by atoms with Crippen LogP contribution in [-0.2, 0) is 4.43 Å². The average molecular weight is 287 g/mol. The third-order valence-electron chi connectivity index (χ3n) is 5.26. The van der Waals surface area contributed by atoms with E-state index in [1.54, 1.807) is 0 Å². The predicted octanol–water partition coefficient (Wildman–Crippen LogP) is 5.61. The quantitative estimate of drug-likeness (QED) is 0.436. The van der Waals surface area contributed by atoms with Crippen LogP contribution in [0.3, 0.4) is 0 Å². The summed E-state index contributed by atoms with van der Waals surface area (Å²) >= 11 is 0. The van der Waals surface area contributed by atoms with Crippen molar-refractivity contribution in [2.75, 3.05) is 0 Å². The van der Waals surface area contributed by atoms with Crippen molar-refractivity contribution in [1.29, 1.82) is 0 Å². The van der Waals surface area contributed by atoms with Gasteiger partial charge in [-0.2, -0.15) is 0 Å². The minimum atomic E-state index is -1.72. The molecule has 0 bridgehead atoms. The van der Waals surface area contributed by atoms with Gasteiger partial charge in [-0.3, -0.25) is 0 Å². The van der Waals surface area contributed by atoms with E-state index in [9.17, 15) is 0 Å². The Bertz CT molecular complexity index is 297. The van der Waals surface area contributed by atoms with Crippen molar-refractivity contribution < 1.29 is 4.43 Å². The van der Waals surface area contributed by atoms with Gasteiger partial charge in [-0.15, -0.1) is 6.58 Å². The van der Waals surface area contributed by atoms with Crippen LogP contribution in [0.15, 0.2) is 12.2 Å². The van der Waals surface area contributed by atoms with Gasteiger partial charge in [0.15, 0.2) is 8.32 Å². The number of hydrogen-bond acceptors (Lipinski definition) is 1. The molecule has 0 aliphatic rings. The van der Waals surface area contributed by atoms with Gasteiger partial charge in [0.1, 0.15) is 0 Å². The molecule has 0 fully saturated rings. The molecule has 1 nitrogen and oxygen atoms in total. The lowest BCUT2D eigenvalue weighted by molar-refractivity contribution is 0.145. The summed E-state index contributed by atoms with van der Waals surface area (Å²) in [6.45, 7) is 25.1. The normalized spacial score (nSPS) is 18.3. The Kier molecular flexibility index (Phi) is 6.10. The standard InChI is InChI=1S/C15H34OSi2/c1-11-15(6,17(7,8)12-2)16-18(9,10)14(5)13(3)4/h14H,3,11-12H2,1-2,4-10H3. The van der Waals surface area contributed by atoms with Crippen LogP contribution in [0.5, 0.6) is 0 Å². The first-order valence-electron chi connectivity index (χ1n) is 7.29. The van der Waals surface area contributed by atoms with E-state index in [-0.39, 0.29) is 5.22 Å². The number of hydrogen-bond donors (Lipinski definition) is 0. The zero-order chi connectivity index (χ0) is 14.8. The van der Waals surface area contributed by atoms with Gasteiger partial charge in [0, 0.05) is 5.22 Å². The zero-order valence-electron chi connectivity index (χ0n) is 14.1. The fourth-order valence-electron chi connectivity index (χ4n) is 2.33. The van der Waals surface area contributed by atoms with E-state index in [1.165, 1.54) is 11.6 Å². The molecule has 108 valence electrons. The van der Waals surface area contributed by atoms with Gasteiger partial charge in [-0.1, -0.05) is 45.5 Å². The predicted molar refractivity (Wildman–Crippen MR) is 89.5 cm³/mol. The minimum absolute atomic E-state index is 0.0984. The van der Waals surface area contributed by atoms with Crippen molar-refractivity contribution >= 4 is 16.4 Å². The molecule has 2 atom stereocenters. The van der Waals surface area contributed by atoms with Gasteiger partial charge in [0.05, 0.1) is 8.07 Å². The molecule has 0 spiro atoms. The molecule has 0 N–H and O–H groups in total. The van der Waals surface area contributed by atoms with Crippen LogP contribution < -0.4 is 0 Å². The van der Waals surface area contributed by atoms with E-state index in [0.717, 1.165) is 6.42 Å². The molecular formula is C15H34OSi2. The summed E-state index contributed by atoms with van der Waals surface area (Å²) in [5.41, 5.74) is 1.78. The van der Waals surface area contributed by atoms with E-state index < -0.39 is 16.4 Å². The van der Waals surface area contributed by atoms with Crippen molar-refractivity contribution in [3.63, 3.8) is 0 Å². The molecule has 0 aliphatic carbocycles. The smallest absolute Gasteiger partial charge is 0.193 e. The fourth-order valence-corrected chi connectivity index (χ4v) is 8.59. The fraction of sp³-hybridized carbons (Fsp3) is 0.867. The number of rotatable bonds is 7. The maximum absolute atomic E-state index is 6.79. The lowest BCUT2D eigenvalue weighted by atomic mass is 10.3. The Balaban J connectivity index is 5.20. The summed E-state index contributed by atoms with van der Waals surface area (Å²) < 4.78 is 6.79. The molecule has 3 heteroatoms. The first-order chi connectivity index (χ1) is 7.93. The van der Waals surface area contributed by atoms with E-state index in [4.69, 9.17) is 4.43 Å². The van der Waals surface area contributed by atoms with E-state index >= 15 is 0 Å². The second-order valence-corrected chi connectivity index (χ2v) is 16.9. The third kappa shape index (κ3) is 3.81. The van der Waals surface area contributed by atoms with Gasteiger partial charge in [-0.05, 0) is 38.9 Å². The highest BCUT2D eigenvalue weighted by Gasteiger charge is 2.46. The maximum Gasteiger partial charge on any atom is 0.193 e. The molecule has 0 rings (SSSR count). The van der Waals surface area contributed by atoms with Crippen molar-refractivity contribution in [3.05, 3.63) is 12.2 Å². The van der Waals surface area contributed by atoms with Crippen molar-refractivity contribution in [2.24, 2.45) is 0 Å². The van der Waals surface area contributed by atoms with Crippen molar-refractivity contribution in [3.8, 4) is 0 Å². The van der Waals surface area contributed by atoms with Gasteiger partial charge in [0.25, 0.3) is 0 Å². The average Bonchev–Trinajstić information content (AvgIpc) is 2.26. The molecule has 0 saturated carbocycles. The minimum Gasteiger partial charge on any atom is -0.414 e. The Morgan fingerprint density at radius 2 is 1.67 bits per heavy atom. The first kappa shape index (κ1) is 18.1. The van der Waals surface area contributed by atoms with Crippen molar-refractivity contribution in [1.82, 2.24) is 0 Å². The lowest BCUT2D eigenvalue weighted by Gasteiger charge is -2.48. The highest BCUT2D eigenvalue weighted by molar-refractivity contribution is 6.82. The molecule has 0 heterocycles. The molecule has 0 aromatic heterocycles. The zero-order valence-corrected chi connectivity index (χ0v) is 16.1. The molecule has 0 saturated heterocycles. The lowest BCUT2D eigenvalue weighted by Crippen LogP contribution is -2.58. The number of allylic oxidation sites excluding steroid dienone is 1. The van der Waals surface area contributed by atoms with Crippen molar-refractivity contribution in [2.45, 2.75) is 84.0 Å². The third-order valence-corrected chi connectivity index (χ3v) is 14.1. The molecular weight excluding hydrogens is 252 g/mol. The van der Waals surface area contributed by atoms with Crippen LogP contribution in [0.25, 0.3) is 0 Å². The van der Waals surface area contributed by atoms with Crippen LogP contribution in [0, 0.1) is 0 Å². The monoisotopic (exact) mass is 286 g/mol. The largest absolute Gasteiger partial charge is 0.414 e. The summed E-state index contributed by atoms with van der Waals surface area (Å²) in [6, 6.07) is 1.28. The van der Waals surface area contributed by atoms with Crippen LogP contribution >= 0.6 is 0 Å². The summed E-state index contributed by atoms with van der Waals surface area (Å²) in [5, 5.41) is 0.0984. The Labute approximate surface area is 117 Å². The van der Waals surface area contributed by atoms with E-state index in [1.807, 2.05) is 0 Å². The molecule has 0 aromatic rings. The molecule has 0 amide bonds. The van der Waals surface area contributed by atoms with Crippen LogP contribution in [0.4, 0.5) is 0 Å². The highest BCUT2D eigenvalue weighted by Crippen LogP contribution is 2.38. The Hall–Kier alpha value is 0.134. The van der Waals surface area contributed by atoms with Gasteiger partial charge >= 0.3 is 0 Å². The second kappa shape index (κ2) is 6.06. The molecule has 0 radical (unpaired) electrons. The van der Waals surface area contributed by atoms with E-state index in [0.29, 0.717) is 5.54 Å². The summed E-state index contributed by atoms with van der Waals surface area (Å²) in [5.74, 6) is 0. The first-order valence-corrected chi connectivity index (χ1v) is 13.5. The van der Waals surface area contributed by atoms with E-state index in [2.05, 4.69) is 67.4 Å². The summed E-state index contributed by atoms with van der Waals surface area (Å²) in [7, 11) is -3.06. The SMILES string of the molecule is C=C(C)C(C)[Si](C)(C)OC(C)(CC)[Si](C)(C)CC. The summed E-state index contributed by atoms with van der Waals surface area (Å²) in [6.07, 6.45) is 1.12. The Morgan fingerprint density at radius 1 is 1.22 bits per heavy atom. The molecule has 18 heavy (non-hydrogen) atoms. The highest BCUT2D eigenvalue weighted by atomic mass is 28.4. The Morgan fingerprint density at radius 3 is 1.94 bits per heavy atom.